The van der Waals surface area contributed by atoms with E-state index < -0.39 is 11.8 Å². The highest BCUT2D eigenvalue weighted by Gasteiger charge is 2.20. The molecule has 0 unspecified atom stereocenters. The highest BCUT2D eigenvalue weighted by molar-refractivity contribution is 6.42. The summed E-state index contributed by atoms with van der Waals surface area (Å²) in [4.78, 5) is 23.7. The van der Waals surface area contributed by atoms with Crippen LogP contribution in [0.4, 0.5) is 0 Å². The molecule has 2 amide bonds. The largest absolute Gasteiger partial charge is 0.455 e. The molecule has 0 atom stereocenters. The normalized spacial score (nSPS) is 15.0. The van der Waals surface area contributed by atoms with Crippen LogP contribution in [0.2, 0.25) is 10.0 Å². The molecule has 8 heteroatoms. The lowest BCUT2D eigenvalue weighted by atomic mass is 9.95. The predicted octanol–water partition coefficient (Wildman–Crippen LogP) is 4.15. The molecule has 0 radical (unpaired) electrons. The second kappa shape index (κ2) is 9.06. The Hall–Kier alpha value is -2.31. The molecule has 3 rings (SSSR count). The smallest absolute Gasteiger partial charge is 0.329 e. The van der Waals surface area contributed by atoms with Gasteiger partial charge in [0.2, 0.25) is 0 Å². The van der Waals surface area contributed by atoms with E-state index in [0.29, 0.717) is 21.6 Å². The van der Waals surface area contributed by atoms with Crippen molar-refractivity contribution in [1.29, 1.82) is 0 Å². The maximum Gasteiger partial charge on any atom is 0.329 e. The summed E-state index contributed by atoms with van der Waals surface area (Å²) in [6.07, 6.45) is 6.47. The number of hydrogen-bond acceptors (Lipinski definition) is 4. The van der Waals surface area contributed by atoms with Crippen molar-refractivity contribution in [2.75, 3.05) is 0 Å². The van der Waals surface area contributed by atoms with Crippen LogP contribution < -0.4 is 10.7 Å². The van der Waals surface area contributed by atoms with Crippen LogP contribution in [0.1, 0.15) is 37.9 Å². The molecule has 2 N–H and O–H groups in total. The summed E-state index contributed by atoms with van der Waals surface area (Å²) in [7, 11) is 0. The Morgan fingerprint density at radius 2 is 1.81 bits per heavy atom. The number of carbonyl (C=O) groups excluding carboxylic acids is 2. The lowest BCUT2D eigenvalue weighted by Crippen LogP contribution is -2.44. The van der Waals surface area contributed by atoms with Crippen molar-refractivity contribution in [3.8, 4) is 11.3 Å². The van der Waals surface area contributed by atoms with Crippen molar-refractivity contribution in [3.05, 3.63) is 46.1 Å². The van der Waals surface area contributed by atoms with E-state index in [1.165, 1.54) is 12.6 Å². The Kier molecular flexibility index (Phi) is 6.53. The van der Waals surface area contributed by atoms with Crippen molar-refractivity contribution in [3.63, 3.8) is 0 Å². The van der Waals surface area contributed by atoms with E-state index in [1.807, 2.05) is 0 Å². The Bertz CT molecular complexity index is 858. The molecule has 6 nitrogen and oxygen atoms in total. The zero-order valence-electron chi connectivity index (χ0n) is 14.5. The van der Waals surface area contributed by atoms with Gasteiger partial charge in [-0.25, -0.2) is 5.43 Å². The fourth-order valence-corrected chi connectivity index (χ4v) is 3.23. The van der Waals surface area contributed by atoms with Gasteiger partial charge in [-0.3, -0.25) is 9.59 Å². The van der Waals surface area contributed by atoms with Crippen LogP contribution in [0, 0.1) is 0 Å². The molecule has 1 heterocycles. The van der Waals surface area contributed by atoms with E-state index in [9.17, 15) is 9.59 Å². The Balaban J connectivity index is 1.53. The van der Waals surface area contributed by atoms with Crippen LogP contribution in [0.15, 0.2) is 39.9 Å². The fraction of sp³-hybridized carbons (Fsp3) is 0.316. The molecule has 1 aromatic carbocycles. The van der Waals surface area contributed by atoms with Crippen LogP contribution in [0.25, 0.3) is 11.3 Å². The number of carbonyl (C=O) groups is 2. The summed E-state index contributed by atoms with van der Waals surface area (Å²) in [5, 5.41) is 7.39. The first-order chi connectivity index (χ1) is 13.0. The van der Waals surface area contributed by atoms with E-state index >= 15 is 0 Å². The van der Waals surface area contributed by atoms with Crippen LogP contribution in [0.3, 0.4) is 0 Å². The number of rotatable bonds is 4. The molecule has 0 spiro atoms. The molecule has 1 saturated carbocycles. The lowest BCUT2D eigenvalue weighted by molar-refractivity contribution is -0.139. The van der Waals surface area contributed by atoms with Gasteiger partial charge in [-0.15, -0.1) is 0 Å². The molecule has 2 aromatic rings. The van der Waals surface area contributed by atoms with Gasteiger partial charge in [0.15, 0.2) is 0 Å². The summed E-state index contributed by atoms with van der Waals surface area (Å²) >= 11 is 11.9. The first kappa shape index (κ1) is 19.5. The number of nitrogens with one attached hydrogen (secondary N) is 2. The molecule has 0 bridgehead atoms. The molecule has 1 fully saturated rings. The molecule has 142 valence electrons. The standard InChI is InChI=1S/C19H19Cl2N3O3/c20-15-8-6-12(10-16(15)21)17-9-7-14(27-17)11-22-24-19(26)18(25)23-13-4-2-1-3-5-13/h6-11,13H,1-5H2,(H,23,25)(H,24,26)/b22-11+. The average molecular weight is 408 g/mol. The molecule has 0 saturated heterocycles. The number of halogens is 2. The maximum absolute atomic E-state index is 11.9. The summed E-state index contributed by atoms with van der Waals surface area (Å²) in [5.41, 5.74) is 2.97. The maximum atomic E-state index is 11.9. The minimum Gasteiger partial charge on any atom is -0.455 e. The number of hydrazone groups is 1. The van der Waals surface area contributed by atoms with Gasteiger partial charge in [0, 0.05) is 11.6 Å². The SMILES string of the molecule is O=C(N/N=C/c1ccc(-c2ccc(Cl)c(Cl)c2)o1)C(=O)NC1CCCCC1. The number of nitrogens with zero attached hydrogens (tertiary/aromatic N) is 1. The van der Waals surface area contributed by atoms with Crippen molar-refractivity contribution in [2.45, 2.75) is 38.1 Å². The first-order valence-corrected chi connectivity index (χ1v) is 9.47. The zero-order valence-corrected chi connectivity index (χ0v) is 16.0. The zero-order chi connectivity index (χ0) is 19.2. The van der Waals surface area contributed by atoms with Gasteiger partial charge in [0.1, 0.15) is 11.5 Å². The van der Waals surface area contributed by atoms with Crippen LogP contribution in [-0.4, -0.2) is 24.1 Å². The second-order valence-electron chi connectivity index (χ2n) is 6.34. The van der Waals surface area contributed by atoms with Crippen molar-refractivity contribution in [1.82, 2.24) is 10.7 Å². The average Bonchev–Trinajstić information content (AvgIpc) is 3.13. The lowest BCUT2D eigenvalue weighted by Gasteiger charge is -2.22. The molecule has 1 aliphatic carbocycles. The summed E-state index contributed by atoms with van der Waals surface area (Å²) in [5.74, 6) is -0.469. The molecule has 27 heavy (non-hydrogen) atoms. The Morgan fingerprint density at radius 3 is 2.56 bits per heavy atom. The number of benzene rings is 1. The predicted molar refractivity (Wildman–Crippen MR) is 105 cm³/mol. The minimum atomic E-state index is -0.798. The van der Waals surface area contributed by atoms with E-state index in [0.717, 1.165) is 31.2 Å². The molecular weight excluding hydrogens is 389 g/mol. The van der Waals surface area contributed by atoms with Gasteiger partial charge in [-0.1, -0.05) is 42.5 Å². The van der Waals surface area contributed by atoms with Gasteiger partial charge in [0.05, 0.1) is 16.3 Å². The first-order valence-electron chi connectivity index (χ1n) is 8.72. The van der Waals surface area contributed by atoms with E-state index in [2.05, 4.69) is 15.8 Å². The Labute approximate surface area is 166 Å². The van der Waals surface area contributed by atoms with Crippen molar-refractivity contribution >= 4 is 41.2 Å². The van der Waals surface area contributed by atoms with E-state index in [-0.39, 0.29) is 6.04 Å². The molecule has 0 aliphatic heterocycles. The van der Waals surface area contributed by atoms with Crippen molar-refractivity contribution < 1.29 is 14.0 Å². The summed E-state index contributed by atoms with van der Waals surface area (Å²) in [6.45, 7) is 0. The third-order valence-electron chi connectivity index (χ3n) is 4.34. The molecule has 1 aromatic heterocycles. The monoisotopic (exact) mass is 407 g/mol. The third-order valence-corrected chi connectivity index (χ3v) is 5.07. The van der Waals surface area contributed by atoms with Crippen molar-refractivity contribution in [2.24, 2.45) is 5.10 Å². The van der Waals surface area contributed by atoms with E-state index in [1.54, 1.807) is 30.3 Å². The summed E-state index contributed by atoms with van der Waals surface area (Å²) in [6, 6.07) is 8.67. The third kappa shape index (κ3) is 5.34. The Morgan fingerprint density at radius 1 is 1.04 bits per heavy atom. The topological polar surface area (TPSA) is 83.7 Å². The minimum absolute atomic E-state index is 0.0693. The highest BCUT2D eigenvalue weighted by atomic mass is 35.5. The van der Waals surface area contributed by atoms with Gasteiger partial charge >= 0.3 is 11.8 Å². The number of furan rings is 1. The van der Waals surface area contributed by atoms with Gasteiger partial charge in [-0.05, 0) is 43.2 Å². The number of hydrogen-bond donors (Lipinski definition) is 2. The van der Waals surface area contributed by atoms with Crippen LogP contribution in [0.5, 0.6) is 0 Å². The van der Waals surface area contributed by atoms with Gasteiger partial charge < -0.3 is 9.73 Å². The quantitative estimate of drug-likeness (QED) is 0.453. The second-order valence-corrected chi connectivity index (χ2v) is 7.15. The number of amides is 2. The molecule has 1 aliphatic rings. The van der Waals surface area contributed by atoms with Crippen LogP contribution in [-0.2, 0) is 9.59 Å². The van der Waals surface area contributed by atoms with Crippen LogP contribution >= 0.6 is 23.2 Å². The van der Waals surface area contributed by atoms with Gasteiger partial charge in [0.25, 0.3) is 0 Å². The summed E-state index contributed by atoms with van der Waals surface area (Å²) < 4.78 is 5.63. The fourth-order valence-electron chi connectivity index (χ4n) is 2.93. The van der Waals surface area contributed by atoms with E-state index in [4.69, 9.17) is 27.6 Å². The van der Waals surface area contributed by atoms with Gasteiger partial charge in [-0.2, -0.15) is 5.10 Å². The highest BCUT2D eigenvalue weighted by Crippen LogP contribution is 2.29. The molecular formula is C19H19Cl2N3O3.